The summed E-state index contributed by atoms with van der Waals surface area (Å²) in [5.41, 5.74) is 0. The van der Waals surface area contributed by atoms with Crippen LogP contribution in [0.15, 0.2) is 0 Å². The molecule has 3 N–H and O–H groups in total. The van der Waals surface area contributed by atoms with Crippen molar-refractivity contribution in [1.82, 2.24) is 5.32 Å². The highest BCUT2D eigenvalue weighted by atomic mass is 32.2. The van der Waals surface area contributed by atoms with E-state index in [4.69, 9.17) is 10.2 Å². The maximum Gasteiger partial charge on any atom is 0.326 e. The summed E-state index contributed by atoms with van der Waals surface area (Å²) in [6.07, 6.45) is 0.284. The van der Waals surface area contributed by atoms with E-state index in [2.05, 4.69) is 5.32 Å². The molecule has 0 aromatic heterocycles. The minimum atomic E-state index is -1.27. The topological polar surface area (TPSA) is 104 Å². The third kappa shape index (κ3) is 6.15. The van der Waals surface area contributed by atoms with Gasteiger partial charge in [-0.05, 0) is 24.9 Å². The highest BCUT2D eigenvalue weighted by Gasteiger charge is 2.26. The predicted octanol–water partition coefficient (Wildman–Crippen LogP) is 0.420. The lowest BCUT2D eigenvalue weighted by atomic mass is 10.1. The van der Waals surface area contributed by atoms with Crippen LogP contribution < -0.4 is 5.32 Å². The van der Waals surface area contributed by atoms with Gasteiger partial charge in [-0.25, -0.2) is 4.79 Å². The van der Waals surface area contributed by atoms with Crippen molar-refractivity contribution in [1.29, 1.82) is 0 Å². The number of carbonyl (C=O) groups is 3. The second kappa shape index (κ2) is 7.94. The van der Waals surface area contributed by atoms with E-state index in [1.165, 1.54) is 6.92 Å². The van der Waals surface area contributed by atoms with E-state index in [0.717, 1.165) is 5.75 Å². The normalized spacial score (nSPS) is 13.8. The minimum absolute atomic E-state index is 0.284. The molecule has 0 spiro atoms. The van der Waals surface area contributed by atoms with E-state index >= 15 is 0 Å². The molecule has 0 aliphatic rings. The molecule has 0 aliphatic heterocycles. The Morgan fingerprint density at radius 2 is 1.82 bits per heavy atom. The summed E-state index contributed by atoms with van der Waals surface area (Å²) in [6, 6.07) is -1.02. The number of amides is 1. The molecule has 0 heterocycles. The number of carbonyl (C=O) groups excluding carboxylic acids is 1. The summed E-state index contributed by atoms with van der Waals surface area (Å²) in [6.45, 7) is 3.17. The number of nitrogens with one attached hydrogen (secondary N) is 1. The van der Waals surface area contributed by atoms with Crippen LogP contribution in [0.5, 0.6) is 0 Å². The maximum absolute atomic E-state index is 11.4. The van der Waals surface area contributed by atoms with Crippen molar-refractivity contribution in [2.24, 2.45) is 5.92 Å². The second-order valence-corrected chi connectivity index (χ2v) is 4.84. The van der Waals surface area contributed by atoms with E-state index < -0.39 is 29.8 Å². The van der Waals surface area contributed by atoms with Crippen LogP contribution in [0.2, 0.25) is 0 Å². The summed E-state index contributed by atoms with van der Waals surface area (Å²) in [7, 11) is 0. The monoisotopic (exact) mass is 263 g/mol. The van der Waals surface area contributed by atoms with Crippen molar-refractivity contribution in [2.45, 2.75) is 26.3 Å². The van der Waals surface area contributed by atoms with Crippen molar-refractivity contribution in [2.75, 3.05) is 11.5 Å². The van der Waals surface area contributed by atoms with Crippen LogP contribution in [0.25, 0.3) is 0 Å². The van der Waals surface area contributed by atoms with Gasteiger partial charge in [-0.3, -0.25) is 9.59 Å². The van der Waals surface area contributed by atoms with E-state index in [9.17, 15) is 14.4 Å². The van der Waals surface area contributed by atoms with Crippen molar-refractivity contribution in [3.8, 4) is 0 Å². The third-order valence-electron chi connectivity index (χ3n) is 2.13. The molecule has 0 aromatic carbocycles. The highest BCUT2D eigenvalue weighted by Crippen LogP contribution is 2.05. The number of carboxylic acids is 2. The standard InChI is InChI=1S/C10H17NO5S/c1-3-17-5-4-7(10(15)16)11-8(12)6(2)9(13)14/h6-7H,3-5H2,1-2H3,(H,11,12)(H,13,14)(H,15,16). The van der Waals surface area contributed by atoms with E-state index in [-0.39, 0.29) is 6.42 Å². The fourth-order valence-electron chi connectivity index (χ4n) is 1.01. The van der Waals surface area contributed by atoms with Gasteiger partial charge in [0.1, 0.15) is 12.0 Å². The molecule has 0 aliphatic carbocycles. The first-order valence-electron chi connectivity index (χ1n) is 5.23. The number of hydrogen-bond acceptors (Lipinski definition) is 4. The van der Waals surface area contributed by atoms with Crippen LogP contribution in [0, 0.1) is 5.92 Å². The molecule has 0 fully saturated rings. The molecule has 0 aromatic rings. The first-order chi connectivity index (χ1) is 7.90. The summed E-state index contributed by atoms with van der Waals surface area (Å²) >= 11 is 1.56. The molecule has 7 heteroatoms. The van der Waals surface area contributed by atoms with Gasteiger partial charge < -0.3 is 15.5 Å². The maximum atomic E-state index is 11.4. The van der Waals surface area contributed by atoms with Crippen LogP contribution in [0.4, 0.5) is 0 Å². The molecule has 17 heavy (non-hydrogen) atoms. The smallest absolute Gasteiger partial charge is 0.326 e. The van der Waals surface area contributed by atoms with Crippen LogP contribution in [0.3, 0.4) is 0 Å². The SMILES string of the molecule is CCSCCC(NC(=O)C(C)C(=O)O)C(=O)O. The Kier molecular flexibility index (Phi) is 7.36. The molecular weight excluding hydrogens is 246 g/mol. The lowest BCUT2D eigenvalue weighted by molar-refractivity contribution is -0.149. The molecule has 1 amide bonds. The van der Waals surface area contributed by atoms with Gasteiger partial charge in [0.25, 0.3) is 0 Å². The average Bonchev–Trinajstić information content (AvgIpc) is 2.26. The first kappa shape index (κ1) is 15.8. The summed E-state index contributed by atoms with van der Waals surface area (Å²) in [4.78, 5) is 32.8. The van der Waals surface area contributed by atoms with E-state index in [0.29, 0.717) is 5.75 Å². The zero-order valence-corrected chi connectivity index (χ0v) is 10.6. The Balaban J connectivity index is 4.29. The average molecular weight is 263 g/mol. The van der Waals surface area contributed by atoms with Gasteiger partial charge in [-0.15, -0.1) is 0 Å². The number of thioether (sulfide) groups is 1. The molecule has 0 bridgehead atoms. The van der Waals surface area contributed by atoms with Gasteiger partial charge in [0.15, 0.2) is 0 Å². The Bertz CT molecular complexity index is 294. The molecule has 0 saturated heterocycles. The quantitative estimate of drug-likeness (QED) is 0.433. The minimum Gasteiger partial charge on any atom is -0.481 e. The van der Waals surface area contributed by atoms with Crippen LogP contribution in [-0.2, 0) is 14.4 Å². The summed E-state index contributed by atoms with van der Waals surface area (Å²) < 4.78 is 0. The fourth-order valence-corrected chi connectivity index (χ4v) is 1.70. The highest BCUT2D eigenvalue weighted by molar-refractivity contribution is 7.99. The zero-order chi connectivity index (χ0) is 13.4. The van der Waals surface area contributed by atoms with Crippen LogP contribution in [0.1, 0.15) is 20.3 Å². The summed E-state index contributed by atoms with van der Waals surface area (Å²) in [5.74, 6) is -2.95. The van der Waals surface area contributed by atoms with E-state index in [1.54, 1.807) is 11.8 Å². The van der Waals surface area contributed by atoms with Crippen LogP contribution >= 0.6 is 11.8 Å². The Hall–Kier alpha value is -1.24. The second-order valence-electron chi connectivity index (χ2n) is 3.44. The van der Waals surface area contributed by atoms with Crippen molar-refractivity contribution < 1.29 is 24.6 Å². The van der Waals surface area contributed by atoms with Crippen molar-refractivity contribution in [3.63, 3.8) is 0 Å². The lowest BCUT2D eigenvalue weighted by Gasteiger charge is -2.15. The molecule has 6 nitrogen and oxygen atoms in total. The molecule has 0 radical (unpaired) electrons. The van der Waals surface area contributed by atoms with Gasteiger partial charge in [-0.2, -0.15) is 11.8 Å². The number of carboxylic acid groups (broad SMARTS) is 2. The fraction of sp³-hybridized carbons (Fsp3) is 0.700. The van der Waals surface area contributed by atoms with E-state index in [1.807, 2.05) is 6.92 Å². The van der Waals surface area contributed by atoms with Crippen molar-refractivity contribution in [3.05, 3.63) is 0 Å². The molecule has 98 valence electrons. The Labute approximate surface area is 104 Å². The van der Waals surface area contributed by atoms with Crippen molar-refractivity contribution >= 4 is 29.6 Å². The molecule has 2 atom stereocenters. The third-order valence-corrected chi connectivity index (χ3v) is 3.07. The Morgan fingerprint density at radius 3 is 2.24 bits per heavy atom. The van der Waals surface area contributed by atoms with Gasteiger partial charge >= 0.3 is 11.9 Å². The first-order valence-corrected chi connectivity index (χ1v) is 6.39. The Morgan fingerprint density at radius 1 is 1.24 bits per heavy atom. The molecule has 2 unspecified atom stereocenters. The van der Waals surface area contributed by atoms with Gasteiger partial charge in [0, 0.05) is 0 Å². The molecular formula is C10H17NO5S. The molecule has 0 rings (SSSR count). The number of aliphatic carboxylic acids is 2. The number of hydrogen-bond donors (Lipinski definition) is 3. The molecule has 0 saturated carbocycles. The van der Waals surface area contributed by atoms with Crippen LogP contribution in [-0.4, -0.2) is 45.6 Å². The summed E-state index contributed by atoms with van der Waals surface area (Å²) in [5, 5.41) is 19.7. The van der Waals surface area contributed by atoms with Gasteiger partial charge in [0.05, 0.1) is 0 Å². The largest absolute Gasteiger partial charge is 0.481 e. The van der Waals surface area contributed by atoms with Gasteiger partial charge in [-0.1, -0.05) is 6.92 Å². The predicted molar refractivity (Wildman–Crippen MR) is 64.0 cm³/mol. The van der Waals surface area contributed by atoms with Gasteiger partial charge in [0.2, 0.25) is 5.91 Å². The zero-order valence-electron chi connectivity index (χ0n) is 9.80. The number of rotatable bonds is 8. The lowest BCUT2D eigenvalue weighted by Crippen LogP contribution is -2.45.